The van der Waals surface area contributed by atoms with Crippen molar-refractivity contribution < 1.29 is 28.6 Å². The van der Waals surface area contributed by atoms with Gasteiger partial charge in [-0.15, -0.1) is 0 Å². The second-order valence-electron chi connectivity index (χ2n) is 11.8. The lowest BCUT2D eigenvalue weighted by Crippen LogP contribution is -2.57. The lowest BCUT2D eigenvalue weighted by molar-refractivity contribution is -0.142. The first-order valence-electron chi connectivity index (χ1n) is 15.0. The highest BCUT2D eigenvalue weighted by atomic mass is 16.5. The molecule has 9 heteroatoms. The molecule has 1 aliphatic carbocycles. The number of hydrogen-bond donors (Lipinski definition) is 2. The van der Waals surface area contributed by atoms with E-state index >= 15 is 0 Å². The molecule has 4 aliphatic rings. The lowest BCUT2D eigenvalue weighted by Gasteiger charge is -2.36. The van der Waals surface area contributed by atoms with Crippen molar-refractivity contribution in [2.75, 3.05) is 19.0 Å². The molecule has 3 fully saturated rings. The molecule has 222 valence electrons. The molecule has 0 unspecified atom stereocenters. The smallest absolute Gasteiger partial charge is 0.246 e. The number of nitrogens with zero attached hydrogens (tertiary/aromatic N) is 1. The summed E-state index contributed by atoms with van der Waals surface area (Å²) in [6.45, 7) is 4.82. The number of hydrogen-bond acceptors (Lipinski definition) is 6. The van der Waals surface area contributed by atoms with E-state index in [1.807, 2.05) is 43.3 Å². The number of fused-ring (bicyclic) bond motifs is 1. The van der Waals surface area contributed by atoms with Crippen molar-refractivity contribution in [3.8, 4) is 11.5 Å². The molecule has 3 aliphatic heterocycles. The molecule has 2 N–H and O–H groups in total. The number of amides is 3. The second kappa shape index (κ2) is 11.4. The van der Waals surface area contributed by atoms with Crippen LogP contribution >= 0.6 is 0 Å². The Hall–Kier alpha value is -3.85. The Kier molecular flexibility index (Phi) is 7.70. The molecule has 7 atom stereocenters. The fourth-order valence-electron chi connectivity index (χ4n) is 7.22. The molecule has 42 heavy (non-hydrogen) atoms. The minimum Gasteiger partial charge on any atom is -0.497 e. The first-order chi connectivity index (χ1) is 20.3. The molecule has 3 heterocycles. The van der Waals surface area contributed by atoms with Crippen LogP contribution in [-0.4, -0.2) is 60.1 Å². The van der Waals surface area contributed by atoms with Crippen molar-refractivity contribution in [1.29, 1.82) is 0 Å². The van der Waals surface area contributed by atoms with Gasteiger partial charge < -0.3 is 29.7 Å². The molecule has 2 aromatic carbocycles. The van der Waals surface area contributed by atoms with Crippen molar-refractivity contribution >= 4 is 23.4 Å². The quantitative estimate of drug-likeness (QED) is 0.438. The van der Waals surface area contributed by atoms with Crippen LogP contribution in [0, 0.1) is 17.8 Å². The Balaban J connectivity index is 1.30. The third-order valence-electron chi connectivity index (χ3n) is 9.28. The van der Waals surface area contributed by atoms with E-state index in [4.69, 9.17) is 14.2 Å². The third-order valence-corrected chi connectivity index (χ3v) is 9.28. The van der Waals surface area contributed by atoms with Crippen molar-refractivity contribution in [3.05, 3.63) is 66.2 Å². The molecule has 2 saturated heterocycles. The third kappa shape index (κ3) is 4.93. The molecule has 0 aromatic heterocycles. The average molecular weight is 574 g/mol. The minimum absolute atomic E-state index is 0.0387. The molecule has 1 saturated carbocycles. The Morgan fingerprint density at radius 3 is 2.60 bits per heavy atom. The van der Waals surface area contributed by atoms with Gasteiger partial charge in [-0.25, -0.2) is 0 Å². The summed E-state index contributed by atoms with van der Waals surface area (Å²) < 4.78 is 17.4. The van der Waals surface area contributed by atoms with Crippen molar-refractivity contribution in [1.82, 2.24) is 10.2 Å². The van der Waals surface area contributed by atoms with E-state index in [9.17, 15) is 14.4 Å². The second-order valence-corrected chi connectivity index (χ2v) is 11.8. The molecule has 0 radical (unpaired) electrons. The van der Waals surface area contributed by atoms with Crippen LogP contribution in [0.25, 0.3) is 0 Å². The SMILES string of the molecule is CCOc1ccc(NC(=O)[C@@H]2[C@@H]3C=C[C@]4(O3)[C@@H]2C(=O)N(Cc2cccc(OC)c2)[C@H]4C(=O)N[C@H]2CCCC[C@@H]2C)cc1. The van der Waals surface area contributed by atoms with Crippen LogP contribution in [0.15, 0.2) is 60.7 Å². The van der Waals surface area contributed by atoms with Crippen LogP contribution in [-0.2, 0) is 25.7 Å². The van der Waals surface area contributed by atoms with Gasteiger partial charge in [0.05, 0.1) is 31.7 Å². The monoisotopic (exact) mass is 573 g/mol. The predicted octanol–water partition coefficient (Wildman–Crippen LogP) is 4.08. The molecule has 2 aromatic rings. The van der Waals surface area contributed by atoms with Gasteiger partial charge in [0.2, 0.25) is 17.7 Å². The van der Waals surface area contributed by atoms with E-state index in [0.717, 1.165) is 31.2 Å². The van der Waals surface area contributed by atoms with E-state index < -0.39 is 29.6 Å². The van der Waals surface area contributed by atoms with E-state index in [2.05, 4.69) is 17.6 Å². The van der Waals surface area contributed by atoms with Crippen LogP contribution in [0.5, 0.6) is 11.5 Å². The number of likely N-dealkylation sites (tertiary alicyclic amines) is 1. The van der Waals surface area contributed by atoms with Crippen molar-refractivity contribution in [2.24, 2.45) is 17.8 Å². The fourth-order valence-corrected chi connectivity index (χ4v) is 7.22. The highest BCUT2D eigenvalue weighted by Crippen LogP contribution is 2.55. The number of carbonyl (C=O) groups is 3. The van der Waals surface area contributed by atoms with Crippen LogP contribution in [0.1, 0.15) is 45.1 Å². The standard InChI is InChI=1S/C33H39N3O6/c1-4-41-23-14-12-22(13-15-23)34-30(37)27-26-16-17-33(42-26)28(27)32(39)36(19-21-9-7-10-24(18-21)40-3)29(33)31(38)35-25-11-6-5-8-20(25)2/h7,9-10,12-18,20,25-29H,4-6,8,11,19H2,1-3H3,(H,34,37)(H,35,38)/t20-,25-,26-,27+,28-,29-,33-/m0/s1. The van der Waals surface area contributed by atoms with Crippen molar-refractivity contribution in [3.63, 3.8) is 0 Å². The topological polar surface area (TPSA) is 106 Å². The average Bonchev–Trinajstić information content (AvgIpc) is 3.63. The molecule has 2 bridgehead atoms. The summed E-state index contributed by atoms with van der Waals surface area (Å²) in [5.74, 6) is -0.659. The number of rotatable bonds is 9. The van der Waals surface area contributed by atoms with Crippen LogP contribution in [0.3, 0.4) is 0 Å². The summed E-state index contributed by atoms with van der Waals surface area (Å²) in [6.07, 6.45) is 7.28. The maximum atomic E-state index is 14.3. The molecule has 6 rings (SSSR count). The molecular formula is C33H39N3O6. The molecule has 1 spiro atoms. The Morgan fingerprint density at radius 1 is 1.07 bits per heavy atom. The normalized spacial score (nSPS) is 31.1. The summed E-state index contributed by atoms with van der Waals surface area (Å²) in [5.41, 5.74) is 0.212. The molecule has 9 nitrogen and oxygen atoms in total. The number of carbonyl (C=O) groups excluding carboxylic acids is 3. The predicted molar refractivity (Wildman–Crippen MR) is 157 cm³/mol. The fraction of sp³-hybridized carbons (Fsp3) is 0.485. The van der Waals surface area contributed by atoms with Gasteiger partial charge in [0.1, 0.15) is 23.1 Å². The first-order valence-corrected chi connectivity index (χ1v) is 15.0. The van der Waals surface area contributed by atoms with Crippen molar-refractivity contribution in [2.45, 2.75) is 69.9 Å². The molecule has 3 amide bonds. The largest absolute Gasteiger partial charge is 0.497 e. The summed E-state index contributed by atoms with van der Waals surface area (Å²) in [5, 5.41) is 6.24. The van der Waals surface area contributed by atoms with Gasteiger partial charge in [-0.2, -0.15) is 0 Å². The highest BCUT2D eigenvalue weighted by molar-refractivity contribution is 6.02. The Bertz CT molecular complexity index is 1380. The molecular weight excluding hydrogens is 534 g/mol. The van der Waals surface area contributed by atoms with Gasteiger partial charge in [0.25, 0.3) is 0 Å². The summed E-state index contributed by atoms with van der Waals surface area (Å²) in [6, 6.07) is 13.7. The number of benzene rings is 2. The van der Waals surface area contributed by atoms with Gasteiger partial charge in [0, 0.05) is 18.3 Å². The van der Waals surface area contributed by atoms with Crippen LogP contribution in [0.4, 0.5) is 5.69 Å². The van der Waals surface area contributed by atoms with E-state index in [1.54, 1.807) is 36.3 Å². The summed E-state index contributed by atoms with van der Waals surface area (Å²) in [4.78, 5) is 43.8. The van der Waals surface area contributed by atoms with E-state index in [1.165, 1.54) is 0 Å². The Labute approximate surface area is 246 Å². The zero-order valence-corrected chi connectivity index (χ0v) is 24.4. The lowest BCUT2D eigenvalue weighted by atomic mass is 9.74. The minimum atomic E-state index is -1.22. The van der Waals surface area contributed by atoms with Gasteiger partial charge >= 0.3 is 0 Å². The van der Waals surface area contributed by atoms with E-state index in [-0.39, 0.29) is 30.3 Å². The summed E-state index contributed by atoms with van der Waals surface area (Å²) >= 11 is 0. The zero-order valence-electron chi connectivity index (χ0n) is 24.4. The number of methoxy groups -OCH3 is 1. The van der Waals surface area contributed by atoms with Gasteiger partial charge in [-0.1, -0.05) is 44.1 Å². The zero-order chi connectivity index (χ0) is 29.4. The highest BCUT2D eigenvalue weighted by Gasteiger charge is 2.72. The number of anilines is 1. The van der Waals surface area contributed by atoms with E-state index in [0.29, 0.717) is 29.7 Å². The number of ether oxygens (including phenoxy) is 3. The maximum absolute atomic E-state index is 14.3. The van der Waals surface area contributed by atoms with Gasteiger partial charge in [-0.3, -0.25) is 14.4 Å². The van der Waals surface area contributed by atoms with Gasteiger partial charge in [0.15, 0.2) is 0 Å². The van der Waals surface area contributed by atoms with Crippen LogP contribution < -0.4 is 20.1 Å². The summed E-state index contributed by atoms with van der Waals surface area (Å²) in [7, 11) is 1.59. The van der Waals surface area contributed by atoms with Gasteiger partial charge in [-0.05, 0) is 67.6 Å². The maximum Gasteiger partial charge on any atom is 0.246 e. The van der Waals surface area contributed by atoms with Crippen LogP contribution in [0.2, 0.25) is 0 Å². The first kappa shape index (κ1) is 28.3. The number of nitrogens with one attached hydrogen (secondary N) is 2. The Morgan fingerprint density at radius 2 is 1.86 bits per heavy atom.